The van der Waals surface area contributed by atoms with Crippen LogP contribution < -0.4 is 16.0 Å². The van der Waals surface area contributed by atoms with Gasteiger partial charge in [-0.25, -0.2) is 14.2 Å². The number of hydrogen-bond acceptors (Lipinski definition) is 6. The van der Waals surface area contributed by atoms with Crippen LogP contribution in [0.4, 0.5) is 15.8 Å². The van der Waals surface area contributed by atoms with Crippen molar-refractivity contribution in [1.29, 1.82) is 0 Å². The molecule has 0 aliphatic carbocycles. The summed E-state index contributed by atoms with van der Waals surface area (Å²) in [5.41, 5.74) is 2.01. The third-order valence-corrected chi connectivity index (χ3v) is 5.24. The van der Waals surface area contributed by atoms with Gasteiger partial charge >= 0.3 is 5.76 Å². The Morgan fingerprint density at radius 1 is 1.41 bits per heavy atom. The Kier molecular flexibility index (Phi) is 5.14. The minimum absolute atomic E-state index is 0.0416. The number of anilines is 2. The van der Waals surface area contributed by atoms with Gasteiger partial charge in [-0.3, -0.25) is 9.78 Å². The number of pyridine rings is 1. The molecule has 4 rings (SSSR count). The van der Waals surface area contributed by atoms with E-state index in [2.05, 4.69) is 15.3 Å². The first kappa shape index (κ1) is 19.3. The van der Waals surface area contributed by atoms with Gasteiger partial charge in [0.05, 0.1) is 23.5 Å². The number of nitrogens with one attached hydrogen (secondary N) is 2. The van der Waals surface area contributed by atoms with Gasteiger partial charge in [-0.2, -0.15) is 0 Å². The van der Waals surface area contributed by atoms with Crippen molar-refractivity contribution >= 4 is 40.1 Å². The molecule has 1 aromatic carbocycles. The predicted molar refractivity (Wildman–Crippen MR) is 108 cm³/mol. The molecular weight excluding hydrogens is 401 g/mol. The summed E-state index contributed by atoms with van der Waals surface area (Å²) in [5.74, 6) is -1.09. The number of amides is 1. The smallest absolute Gasteiger partial charge is 0.406 e. The second kappa shape index (κ2) is 7.75. The average Bonchev–Trinajstić information content (AvgIpc) is 3.07. The number of oxazole rings is 1. The van der Waals surface area contributed by atoms with E-state index in [1.807, 2.05) is 11.8 Å². The van der Waals surface area contributed by atoms with Gasteiger partial charge in [-0.05, 0) is 25.1 Å². The maximum absolute atomic E-state index is 13.7. The fourth-order valence-electron chi connectivity index (χ4n) is 3.46. The number of benzene rings is 1. The van der Waals surface area contributed by atoms with Crippen LogP contribution in [-0.4, -0.2) is 53.0 Å². The van der Waals surface area contributed by atoms with Crippen molar-refractivity contribution in [2.45, 2.75) is 13.0 Å². The van der Waals surface area contributed by atoms with Crippen molar-refractivity contribution in [2.24, 2.45) is 0 Å². The zero-order valence-electron chi connectivity index (χ0n) is 15.6. The molecule has 0 unspecified atom stereocenters. The highest BCUT2D eigenvalue weighted by Gasteiger charge is 2.27. The summed E-state index contributed by atoms with van der Waals surface area (Å²) < 4.78 is 18.7. The Morgan fingerprint density at radius 2 is 2.24 bits per heavy atom. The molecule has 0 bridgehead atoms. The molecule has 0 spiro atoms. The van der Waals surface area contributed by atoms with Crippen LogP contribution in [0.1, 0.15) is 6.92 Å². The summed E-state index contributed by atoms with van der Waals surface area (Å²) in [4.78, 5) is 34.2. The lowest BCUT2D eigenvalue weighted by Crippen LogP contribution is -2.55. The predicted octanol–water partition coefficient (Wildman–Crippen LogP) is 2.46. The fourth-order valence-corrected chi connectivity index (χ4v) is 3.58. The molecule has 8 nitrogen and oxygen atoms in total. The number of hydrogen-bond donors (Lipinski definition) is 2. The van der Waals surface area contributed by atoms with Crippen molar-refractivity contribution in [1.82, 2.24) is 14.9 Å². The number of carbonyl (C=O) groups excluding carboxylic acids is 1. The van der Waals surface area contributed by atoms with Crippen LogP contribution in [-0.2, 0) is 4.79 Å². The third kappa shape index (κ3) is 4.04. The number of halogens is 2. The highest BCUT2D eigenvalue weighted by Crippen LogP contribution is 2.24. The molecule has 0 saturated carbocycles. The number of H-pyrrole nitrogens is 1. The lowest BCUT2D eigenvalue weighted by molar-refractivity contribution is -0.131. The molecule has 1 aliphatic rings. The quantitative estimate of drug-likeness (QED) is 0.674. The fraction of sp³-hybridized carbons (Fsp3) is 0.316. The summed E-state index contributed by atoms with van der Waals surface area (Å²) in [6.07, 6.45) is 1.53. The Hall–Kier alpha value is -3.07. The average molecular weight is 420 g/mol. The Bertz CT molecular complexity index is 1110. The van der Waals surface area contributed by atoms with E-state index >= 15 is 0 Å². The monoisotopic (exact) mass is 419 g/mol. The molecule has 2 N–H and O–H groups in total. The molecule has 10 heteroatoms. The molecule has 1 amide bonds. The number of rotatable bonds is 4. The molecule has 152 valence electrons. The van der Waals surface area contributed by atoms with E-state index in [9.17, 15) is 14.0 Å². The van der Waals surface area contributed by atoms with Gasteiger partial charge in [0.2, 0.25) is 5.91 Å². The van der Waals surface area contributed by atoms with Gasteiger partial charge in [0.25, 0.3) is 0 Å². The Labute approximate surface area is 170 Å². The van der Waals surface area contributed by atoms with Crippen LogP contribution in [0, 0.1) is 5.82 Å². The van der Waals surface area contributed by atoms with Crippen LogP contribution in [0.15, 0.2) is 39.7 Å². The molecule has 0 radical (unpaired) electrons. The standard InChI is InChI=1S/C19H19ClFN5O3/c1-11-10-25(13-2-3-14(20)15(21)7-13)4-5-26(11)17(27)9-22-12-6-16-18(23-8-12)24-19(28)29-16/h2-3,6-8,11,22H,4-5,9-10H2,1H3,(H,23,24,28)/t11-/m1/s1. The number of aromatic nitrogens is 2. The largest absolute Gasteiger partial charge is 0.418 e. The SMILES string of the molecule is C[C@@H]1CN(c2ccc(Cl)c(F)c2)CCN1C(=O)CNc1cnc2[nH]c(=O)oc2c1. The molecule has 2 aromatic heterocycles. The van der Waals surface area contributed by atoms with Gasteiger partial charge in [0.15, 0.2) is 11.2 Å². The second-order valence-electron chi connectivity index (χ2n) is 6.92. The molecule has 3 aromatic rings. The molecule has 1 atom stereocenters. The maximum atomic E-state index is 13.7. The zero-order valence-corrected chi connectivity index (χ0v) is 16.4. The summed E-state index contributed by atoms with van der Waals surface area (Å²) >= 11 is 5.75. The van der Waals surface area contributed by atoms with Crippen molar-refractivity contribution in [3.05, 3.63) is 51.9 Å². The molecule has 3 heterocycles. The van der Waals surface area contributed by atoms with Gasteiger partial charge in [0, 0.05) is 37.4 Å². The number of aromatic amines is 1. The Balaban J connectivity index is 1.36. The van der Waals surface area contributed by atoms with Crippen molar-refractivity contribution in [2.75, 3.05) is 36.4 Å². The van der Waals surface area contributed by atoms with Gasteiger partial charge in [0.1, 0.15) is 5.82 Å². The van der Waals surface area contributed by atoms with E-state index in [1.165, 1.54) is 18.3 Å². The highest BCUT2D eigenvalue weighted by atomic mass is 35.5. The van der Waals surface area contributed by atoms with E-state index in [1.54, 1.807) is 17.0 Å². The highest BCUT2D eigenvalue weighted by molar-refractivity contribution is 6.30. The number of nitrogens with zero attached hydrogens (tertiary/aromatic N) is 3. The van der Waals surface area contributed by atoms with Crippen molar-refractivity contribution in [3.8, 4) is 0 Å². The topological polar surface area (TPSA) is 94.5 Å². The maximum Gasteiger partial charge on any atom is 0.418 e. The first-order valence-electron chi connectivity index (χ1n) is 9.13. The first-order chi connectivity index (χ1) is 13.9. The zero-order chi connectivity index (χ0) is 20.5. The van der Waals surface area contributed by atoms with E-state index in [0.717, 1.165) is 5.69 Å². The summed E-state index contributed by atoms with van der Waals surface area (Å²) in [6, 6.07) is 6.30. The molecule has 1 aliphatic heterocycles. The lowest BCUT2D eigenvalue weighted by Gasteiger charge is -2.41. The third-order valence-electron chi connectivity index (χ3n) is 4.94. The molecule has 1 fully saturated rings. The van der Waals surface area contributed by atoms with Crippen LogP contribution in [0.3, 0.4) is 0 Å². The van der Waals surface area contributed by atoms with Crippen molar-refractivity contribution in [3.63, 3.8) is 0 Å². The van der Waals surface area contributed by atoms with Crippen LogP contribution in [0.2, 0.25) is 5.02 Å². The van der Waals surface area contributed by atoms with Gasteiger partial charge in [-0.15, -0.1) is 0 Å². The van der Waals surface area contributed by atoms with Crippen LogP contribution >= 0.6 is 11.6 Å². The normalized spacial score (nSPS) is 17.0. The number of carbonyl (C=O) groups is 1. The Morgan fingerprint density at radius 3 is 3.00 bits per heavy atom. The minimum atomic E-state index is -0.576. The minimum Gasteiger partial charge on any atom is -0.406 e. The van der Waals surface area contributed by atoms with E-state index < -0.39 is 11.6 Å². The first-order valence-corrected chi connectivity index (χ1v) is 9.51. The molecular formula is C19H19ClFN5O3. The van der Waals surface area contributed by atoms with Crippen LogP contribution in [0.5, 0.6) is 0 Å². The summed E-state index contributed by atoms with van der Waals surface area (Å²) in [6.45, 7) is 3.75. The van der Waals surface area contributed by atoms with Crippen molar-refractivity contribution < 1.29 is 13.6 Å². The summed E-state index contributed by atoms with van der Waals surface area (Å²) in [5, 5.41) is 3.10. The molecule has 29 heavy (non-hydrogen) atoms. The van der Waals surface area contributed by atoms with Gasteiger partial charge in [-0.1, -0.05) is 11.6 Å². The molecule has 1 saturated heterocycles. The van der Waals surface area contributed by atoms with Gasteiger partial charge < -0.3 is 19.5 Å². The summed E-state index contributed by atoms with van der Waals surface area (Å²) in [7, 11) is 0. The number of piperazine rings is 1. The number of fused-ring (bicyclic) bond motifs is 1. The van der Waals surface area contributed by atoms with E-state index in [4.69, 9.17) is 16.0 Å². The van der Waals surface area contributed by atoms with Crippen LogP contribution in [0.25, 0.3) is 11.2 Å². The lowest BCUT2D eigenvalue weighted by atomic mass is 10.1. The van der Waals surface area contributed by atoms with E-state index in [-0.39, 0.29) is 23.5 Å². The van der Waals surface area contributed by atoms with E-state index in [0.29, 0.717) is 36.6 Å². The second-order valence-corrected chi connectivity index (χ2v) is 7.33.